The molecule has 2 aromatic carbocycles. The molecule has 0 fully saturated rings. The molecule has 0 saturated heterocycles. The number of fused-ring (bicyclic) bond motifs is 1. The molecule has 2 N–H and O–H groups in total. The van der Waals surface area contributed by atoms with Crippen LogP contribution in [-0.4, -0.2) is 17.6 Å². The zero-order valence-electron chi connectivity index (χ0n) is 17.6. The Balaban J connectivity index is 1.65. The number of hydrogen-bond acceptors (Lipinski definition) is 6. The first kappa shape index (κ1) is 21.5. The van der Waals surface area contributed by atoms with E-state index in [-0.39, 0.29) is 31.2 Å². The lowest BCUT2D eigenvalue weighted by Crippen LogP contribution is -2.09. The molecule has 0 aliphatic carbocycles. The van der Waals surface area contributed by atoms with E-state index in [0.29, 0.717) is 29.1 Å². The van der Waals surface area contributed by atoms with Crippen molar-refractivity contribution >= 4 is 16.9 Å². The molecule has 2 aromatic heterocycles. The molecule has 6 nitrogen and oxygen atoms in total. The smallest absolute Gasteiger partial charge is 0.310 e. The van der Waals surface area contributed by atoms with Crippen LogP contribution in [0.15, 0.2) is 65.4 Å². The van der Waals surface area contributed by atoms with Crippen LogP contribution in [0, 0.1) is 5.82 Å². The first-order valence-electron chi connectivity index (χ1n) is 10.3. The highest BCUT2D eigenvalue weighted by molar-refractivity contribution is 5.94. The van der Waals surface area contributed by atoms with Gasteiger partial charge in [0.2, 0.25) is 0 Å². The quantitative estimate of drug-likeness (QED) is 0.402. The third kappa shape index (κ3) is 4.48. The van der Waals surface area contributed by atoms with Crippen LogP contribution in [0.4, 0.5) is 4.39 Å². The lowest BCUT2D eigenvalue weighted by molar-refractivity contribution is -0.142. The van der Waals surface area contributed by atoms with E-state index in [1.165, 1.54) is 0 Å². The topological polar surface area (TPSA) is 87.6 Å². The Bertz CT molecular complexity index is 1250. The summed E-state index contributed by atoms with van der Waals surface area (Å²) in [6, 6.07) is 14.5. The lowest BCUT2D eigenvalue weighted by Gasteiger charge is -2.13. The van der Waals surface area contributed by atoms with Crippen molar-refractivity contribution in [1.29, 1.82) is 0 Å². The molecule has 4 rings (SSSR count). The van der Waals surface area contributed by atoms with Gasteiger partial charge in [0.15, 0.2) is 5.82 Å². The molecular weight excluding hydrogens is 411 g/mol. The lowest BCUT2D eigenvalue weighted by atomic mass is 9.99. The number of carbonyl (C=O) groups excluding carboxylic acids is 1. The first-order valence-corrected chi connectivity index (χ1v) is 10.3. The zero-order valence-corrected chi connectivity index (χ0v) is 17.6. The van der Waals surface area contributed by atoms with Crippen molar-refractivity contribution in [3.8, 4) is 16.9 Å². The molecule has 164 valence electrons. The van der Waals surface area contributed by atoms with Crippen LogP contribution in [0.2, 0.25) is 0 Å². The fourth-order valence-corrected chi connectivity index (χ4v) is 3.59. The van der Waals surface area contributed by atoms with Crippen molar-refractivity contribution in [2.45, 2.75) is 26.5 Å². The van der Waals surface area contributed by atoms with E-state index in [4.69, 9.17) is 19.6 Å². The normalized spacial score (nSPS) is 11.0. The number of pyridine rings is 1. The van der Waals surface area contributed by atoms with Gasteiger partial charge in [-0.2, -0.15) is 0 Å². The van der Waals surface area contributed by atoms with Crippen molar-refractivity contribution < 1.29 is 23.1 Å². The van der Waals surface area contributed by atoms with Gasteiger partial charge < -0.3 is 19.6 Å². The Kier molecular flexibility index (Phi) is 6.47. The number of rotatable bonds is 8. The highest BCUT2D eigenvalue weighted by Crippen LogP contribution is 2.33. The predicted molar refractivity (Wildman–Crippen MR) is 118 cm³/mol. The summed E-state index contributed by atoms with van der Waals surface area (Å²) in [5.41, 5.74) is 9.04. The van der Waals surface area contributed by atoms with Crippen LogP contribution < -0.4 is 10.5 Å². The van der Waals surface area contributed by atoms with Crippen LogP contribution >= 0.6 is 0 Å². The number of esters is 1. The molecule has 7 heteroatoms. The summed E-state index contributed by atoms with van der Waals surface area (Å²) in [6.45, 7) is 2.31. The van der Waals surface area contributed by atoms with Crippen LogP contribution in [0.5, 0.6) is 5.75 Å². The van der Waals surface area contributed by atoms with Gasteiger partial charge in [-0.15, -0.1) is 0 Å². The predicted octanol–water partition coefficient (Wildman–Crippen LogP) is 4.78. The molecule has 0 radical (unpaired) electrons. The van der Waals surface area contributed by atoms with Crippen LogP contribution in [0.1, 0.15) is 23.7 Å². The Morgan fingerprint density at radius 3 is 2.81 bits per heavy atom. The van der Waals surface area contributed by atoms with E-state index in [1.807, 2.05) is 30.3 Å². The summed E-state index contributed by atoms with van der Waals surface area (Å²) >= 11 is 0. The number of halogens is 1. The van der Waals surface area contributed by atoms with Gasteiger partial charge in [0.05, 0.1) is 25.0 Å². The average Bonchev–Trinajstić information content (AvgIpc) is 3.27. The first-order chi connectivity index (χ1) is 15.6. The monoisotopic (exact) mass is 434 g/mol. The molecule has 2 heterocycles. The number of furan rings is 1. The van der Waals surface area contributed by atoms with Crippen molar-refractivity contribution in [2.24, 2.45) is 5.73 Å². The molecule has 0 saturated carbocycles. The number of benzene rings is 2. The number of hydrogen-bond donors (Lipinski definition) is 1. The van der Waals surface area contributed by atoms with E-state index >= 15 is 0 Å². The molecule has 0 aliphatic rings. The van der Waals surface area contributed by atoms with Crippen molar-refractivity contribution in [3.05, 3.63) is 83.6 Å². The van der Waals surface area contributed by atoms with E-state index in [1.54, 1.807) is 37.6 Å². The van der Waals surface area contributed by atoms with Gasteiger partial charge >= 0.3 is 5.97 Å². The number of nitrogens with zero attached hydrogens (tertiary/aromatic N) is 1. The van der Waals surface area contributed by atoms with Gasteiger partial charge in [-0.05, 0) is 48.4 Å². The van der Waals surface area contributed by atoms with Crippen LogP contribution in [-0.2, 0) is 29.1 Å². The Labute approximate surface area is 184 Å². The van der Waals surface area contributed by atoms with Gasteiger partial charge in [-0.1, -0.05) is 18.2 Å². The standard InChI is InChI=1S/C25H23FN2O4/c1-2-30-24(29)13-17-5-3-4-6-22(17)32-15-16-11-20(18-8-10-31-23(18)12-16)19-7-9-28-21(14-27)25(19)26/h3-12H,2,13-15,27H2,1H3. The van der Waals surface area contributed by atoms with Gasteiger partial charge in [0, 0.05) is 29.3 Å². The van der Waals surface area contributed by atoms with Crippen LogP contribution in [0.3, 0.4) is 0 Å². The summed E-state index contributed by atoms with van der Waals surface area (Å²) in [5, 5.41) is 0.782. The minimum Gasteiger partial charge on any atom is -0.489 e. The minimum atomic E-state index is -0.449. The molecule has 0 atom stereocenters. The second-order valence-electron chi connectivity index (χ2n) is 7.18. The maximum Gasteiger partial charge on any atom is 0.310 e. The Morgan fingerprint density at radius 2 is 2.00 bits per heavy atom. The molecule has 0 bridgehead atoms. The van der Waals surface area contributed by atoms with E-state index in [9.17, 15) is 9.18 Å². The molecule has 0 amide bonds. The fourth-order valence-electron chi connectivity index (χ4n) is 3.59. The maximum atomic E-state index is 15.0. The SMILES string of the molecule is CCOC(=O)Cc1ccccc1OCc1cc(-c2ccnc(CN)c2F)c2ccoc2c1. The van der Waals surface area contributed by atoms with Crippen molar-refractivity contribution in [2.75, 3.05) is 6.61 Å². The number of para-hydroxylation sites is 1. The second kappa shape index (κ2) is 9.62. The maximum absolute atomic E-state index is 15.0. The molecule has 0 aliphatic heterocycles. The van der Waals surface area contributed by atoms with E-state index in [2.05, 4.69) is 4.98 Å². The number of carbonyl (C=O) groups is 1. The van der Waals surface area contributed by atoms with E-state index < -0.39 is 5.82 Å². The Hall–Kier alpha value is -3.71. The average molecular weight is 434 g/mol. The van der Waals surface area contributed by atoms with Gasteiger partial charge in [0.25, 0.3) is 0 Å². The molecule has 0 spiro atoms. The molecule has 0 unspecified atom stereocenters. The summed E-state index contributed by atoms with van der Waals surface area (Å²) in [4.78, 5) is 15.9. The third-order valence-electron chi connectivity index (χ3n) is 5.08. The summed E-state index contributed by atoms with van der Waals surface area (Å²) in [5.74, 6) is -0.177. The van der Waals surface area contributed by atoms with Crippen molar-refractivity contribution in [1.82, 2.24) is 4.98 Å². The highest BCUT2D eigenvalue weighted by atomic mass is 19.1. The molecule has 4 aromatic rings. The van der Waals surface area contributed by atoms with Crippen LogP contribution in [0.25, 0.3) is 22.1 Å². The third-order valence-corrected chi connectivity index (χ3v) is 5.08. The summed E-state index contributed by atoms with van der Waals surface area (Å²) < 4.78 is 31.6. The number of ether oxygens (including phenoxy) is 2. The Morgan fingerprint density at radius 1 is 1.16 bits per heavy atom. The molecular formula is C25H23FN2O4. The highest BCUT2D eigenvalue weighted by Gasteiger charge is 2.16. The van der Waals surface area contributed by atoms with Gasteiger partial charge in [-0.25, -0.2) is 4.39 Å². The van der Waals surface area contributed by atoms with Gasteiger partial charge in [-0.3, -0.25) is 9.78 Å². The van der Waals surface area contributed by atoms with E-state index in [0.717, 1.165) is 16.5 Å². The molecule has 32 heavy (non-hydrogen) atoms. The zero-order chi connectivity index (χ0) is 22.5. The number of aromatic nitrogens is 1. The second-order valence-corrected chi connectivity index (χ2v) is 7.18. The number of nitrogens with two attached hydrogens (primary N) is 1. The van der Waals surface area contributed by atoms with Crippen molar-refractivity contribution in [3.63, 3.8) is 0 Å². The van der Waals surface area contributed by atoms with Gasteiger partial charge in [0.1, 0.15) is 17.9 Å². The largest absolute Gasteiger partial charge is 0.489 e. The minimum absolute atomic E-state index is 0.00819. The summed E-state index contributed by atoms with van der Waals surface area (Å²) in [6.07, 6.45) is 3.23. The summed E-state index contributed by atoms with van der Waals surface area (Å²) in [7, 11) is 0. The fraction of sp³-hybridized carbons (Fsp3) is 0.200.